The molecule has 1 aromatic carbocycles. The number of benzene rings is 1. The lowest BCUT2D eigenvalue weighted by Crippen LogP contribution is -2.14. The Morgan fingerprint density at radius 1 is 1.30 bits per heavy atom. The first-order valence-corrected chi connectivity index (χ1v) is 6.64. The molecular weight excluding hydrogens is 252 g/mol. The molecule has 1 heterocycles. The Balaban J connectivity index is 2.17. The second kappa shape index (κ2) is 6.70. The summed E-state index contributed by atoms with van der Waals surface area (Å²) in [5.41, 5.74) is 1.66. The van der Waals surface area contributed by atoms with Gasteiger partial charge in [0, 0.05) is 6.20 Å². The lowest BCUT2D eigenvalue weighted by Gasteiger charge is -2.09. The van der Waals surface area contributed by atoms with Gasteiger partial charge in [0.2, 0.25) is 0 Å². The normalized spacial score (nSPS) is 10.1. The van der Waals surface area contributed by atoms with E-state index in [0.29, 0.717) is 17.1 Å². The number of nitrogens with zero attached hydrogens (tertiary/aromatic N) is 1. The summed E-state index contributed by atoms with van der Waals surface area (Å²) in [5.74, 6) is 0.894. The highest BCUT2D eigenvalue weighted by atomic mass is 16.5. The second-order valence-electron chi connectivity index (χ2n) is 4.45. The van der Waals surface area contributed by atoms with Crippen molar-refractivity contribution in [3.63, 3.8) is 0 Å². The monoisotopic (exact) mass is 270 g/mol. The number of rotatable bonds is 5. The van der Waals surface area contributed by atoms with Gasteiger partial charge in [-0.1, -0.05) is 25.5 Å². The predicted molar refractivity (Wildman–Crippen MR) is 79.2 cm³/mol. The Kier molecular flexibility index (Phi) is 4.71. The summed E-state index contributed by atoms with van der Waals surface area (Å²) in [4.78, 5) is 16.4. The van der Waals surface area contributed by atoms with Gasteiger partial charge in [-0.25, -0.2) is 4.98 Å². The molecule has 2 rings (SSSR count). The zero-order chi connectivity index (χ0) is 14.4. The van der Waals surface area contributed by atoms with E-state index in [4.69, 9.17) is 4.74 Å². The number of hydrogen-bond acceptors (Lipinski definition) is 3. The van der Waals surface area contributed by atoms with Crippen molar-refractivity contribution in [3.8, 4) is 5.75 Å². The van der Waals surface area contributed by atoms with Crippen molar-refractivity contribution in [2.75, 3.05) is 12.4 Å². The zero-order valence-electron chi connectivity index (χ0n) is 11.7. The van der Waals surface area contributed by atoms with Crippen LogP contribution >= 0.6 is 0 Å². The number of methoxy groups -OCH3 is 1. The highest BCUT2D eigenvalue weighted by Gasteiger charge is 2.12. The van der Waals surface area contributed by atoms with E-state index >= 15 is 0 Å². The van der Waals surface area contributed by atoms with Gasteiger partial charge in [-0.15, -0.1) is 0 Å². The lowest BCUT2D eigenvalue weighted by atomic mass is 10.1. The molecule has 0 aliphatic carbocycles. The molecule has 2 aromatic rings. The molecule has 4 nitrogen and oxygen atoms in total. The van der Waals surface area contributed by atoms with Crippen molar-refractivity contribution >= 4 is 11.7 Å². The van der Waals surface area contributed by atoms with Crippen LogP contribution in [0.25, 0.3) is 0 Å². The highest BCUT2D eigenvalue weighted by molar-refractivity contribution is 6.05. The number of ether oxygens (including phenoxy) is 1. The van der Waals surface area contributed by atoms with Crippen LogP contribution < -0.4 is 10.1 Å². The van der Waals surface area contributed by atoms with Gasteiger partial charge in [0.1, 0.15) is 11.6 Å². The van der Waals surface area contributed by atoms with Gasteiger partial charge in [0.25, 0.3) is 5.91 Å². The summed E-state index contributed by atoms with van der Waals surface area (Å²) in [6.07, 6.45) is 3.74. The number of aryl methyl sites for hydroxylation is 1. The number of carbonyl (C=O) groups excluding carboxylic acids is 1. The number of aromatic nitrogens is 1. The number of pyridine rings is 1. The van der Waals surface area contributed by atoms with Crippen molar-refractivity contribution in [1.82, 2.24) is 4.98 Å². The quantitative estimate of drug-likeness (QED) is 0.907. The van der Waals surface area contributed by atoms with Crippen LogP contribution in [0.15, 0.2) is 42.6 Å². The van der Waals surface area contributed by atoms with Crippen LogP contribution in [0.2, 0.25) is 0 Å². The standard InChI is InChI=1S/C16H18N2O2/c1-3-6-12-9-10-17-15(11-12)18-16(19)13-7-4-5-8-14(13)20-2/h4-5,7-11H,3,6H2,1-2H3,(H,17,18,19). The maximum atomic E-state index is 12.2. The smallest absolute Gasteiger partial charge is 0.260 e. The van der Waals surface area contributed by atoms with Gasteiger partial charge in [-0.3, -0.25) is 4.79 Å². The molecule has 4 heteroatoms. The average molecular weight is 270 g/mol. The highest BCUT2D eigenvalue weighted by Crippen LogP contribution is 2.19. The zero-order valence-corrected chi connectivity index (χ0v) is 11.7. The van der Waals surface area contributed by atoms with E-state index in [-0.39, 0.29) is 5.91 Å². The molecule has 0 unspecified atom stereocenters. The van der Waals surface area contributed by atoms with Crippen molar-refractivity contribution in [2.45, 2.75) is 19.8 Å². The van der Waals surface area contributed by atoms with E-state index in [1.807, 2.05) is 18.2 Å². The van der Waals surface area contributed by atoms with E-state index in [1.165, 1.54) is 0 Å². The van der Waals surface area contributed by atoms with E-state index in [2.05, 4.69) is 17.2 Å². The third-order valence-corrected chi connectivity index (χ3v) is 2.96. The number of carbonyl (C=O) groups is 1. The van der Waals surface area contributed by atoms with Gasteiger partial charge in [0.05, 0.1) is 12.7 Å². The minimum absolute atomic E-state index is 0.219. The number of para-hydroxylation sites is 1. The van der Waals surface area contributed by atoms with Crippen molar-refractivity contribution < 1.29 is 9.53 Å². The Bertz CT molecular complexity index is 597. The first-order valence-electron chi connectivity index (χ1n) is 6.64. The molecule has 1 aromatic heterocycles. The van der Waals surface area contributed by atoms with E-state index in [1.54, 1.807) is 31.5 Å². The minimum atomic E-state index is -0.219. The molecular formula is C16H18N2O2. The molecule has 1 N–H and O–H groups in total. The molecule has 0 radical (unpaired) electrons. The first kappa shape index (κ1) is 14.1. The Morgan fingerprint density at radius 2 is 2.10 bits per heavy atom. The lowest BCUT2D eigenvalue weighted by molar-refractivity contribution is 0.102. The molecule has 104 valence electrons. The number of hydrogen-bond donors (Lipinski definition) is 1. The van der Waals surface area contributed by atoms with Crippen LogP contribution in [0, 0.1) is 0 Å². The first-order chi connectivity index (χ1) is 9.74. The largest absolute Gasteiger partial charge is 0.496 e. The van der Waals surface area contributed by atoms with Crippen molar-refractivity contribution in [3.05, 3.63) is 53.7 Å². The fourth-order valence-electron chi connectivity index (χ4n) is 2.00. The molecule has 0 spiro atoms. The van der Waals surface area contributed by atoms with Gasteiger partial charge in [0.15, 0.2) is 0 Å². The third-order valence-electron chi connectivity index (χ3n) is 2.96. The van der Waals surface area contributed by atoms with Crippen LogP contribution in [0.5, 0.6) is 5.75 Å². The van der Waals surface area contributed by atoms with Gasteiger partial charge >= 0.3 is 0 Å². The average Bonchev–Trinajstić information content (AvgIpc) is 2.48. The fraction of sp³-hybridized carbons (Fsp3) is 0.250. The summed E-state index contributed by atoms with van der Waals surface area (Å²) >= 11 is 0. The third kappa shape index (κ3) is 3.35. The second-order valence-corrected chi connectivity index (χ2v) is 4.45. The Labute approximate surface area is 118 Å². The van der Waals surface area contributed by atoms with Crippen LogP contribution in [-0.2, 0) is 6.42 Å². The van der Waals surface area contributed by atoms with Crippen LogP contribution in [-0.4, -0.2) is 18.0 Å². The van der Waals surface area contributed by atoms with E-state index in [0.717, 1.165) is 18.4 Å². The van der Waals surface area contributed by atoms with Crippen LogP contribution in [0.1, 0.15) is 29.3 Å². The van der Waals surface area contributed by atoms with Crippen molar-refractivity contribution in [1.29, 1.82) is 0 Å². The molecule has 20 heavy (non-hydrogen) atoms. The Morgan fingerprint density at radius 3 is 2.85 bits per heavy atom. The van der Waals surface area contributed by atoms with E-state index in [9.17, 15) is 4.79 Å². The fourth-order valence-corrected chi connectivity index (χ4v) is 2.00. The summed E-state index contributed by atoms with van der Waals surface area (Å²) in [6.45, 7) is 2.12. The molecule has 0 saturated heterocycles. The summed E-state index contributed by atoms with van der Waals surface area (Å²) in [6, 6.07) is 11.0. The molecule has 0 fully saturated rings. The SMILES string of the molecule is CCCc1ccnc(NC(=O)c2ccccc2OC)c1. The molecule has 0 saturated carbocycles. The van der Waals surface area contributed by atoms with Gasteiger partial charge in [-0.05, 0) is 36.2 Å². The maximum absolute atomic E-state index is 12.2. The molecule has 0 atom stereocenters. The topological polar surface area (TPSA) is 51.2 Å². The van der Waals surface area contributed by atoms with Crippen molar-refractivity contribution in [2.24, 2.45) is 0 Å². The maximum Gasteiger partial charge on any atom is 0.260 e. The Hall–Kier alpha value is -2.36. The summed E-state index contributed by atoms with van der Waals surface area (Å²) in [7, 11) is 1.55. The molecule has 1 amide bonds. The molecule has 0 aliphatic heterocycles. The van der Waals surface area contributed by atoms with Crippen LogP contribution in [0.3, 0.4) is 0 Å². The summed E-state index contributed by atoms with van der Waals surface area (Å²) < 4.78 is 5.19. The van der Waals surface area contributed by atoms with E-state index < -0.39 is 0 Å². The van der Waals surface area contributed by atoms with Gasteiger partial charge in [-0.2, -0.15) is 0 Å². The number of amides is 1. The van der Waals surface area contributed by atoms with Gasteiger partial charge < -0.3 is 10.1 Å². The number of nitrogens with one attached hydrogen (secondary N) is 1. The predicted octanol–water partition coefficient (Wildman–Crippen LogP) is 3.30. The summed E-state index contributed by atoms with van der Waals surface area (Å²) in [5, 5.41) is 2.80. The minimum Gasteiger partial charge on any atom is -0.496 e. The molecule has 0 aliphatic rings. The molecule has 0 bridgehead atoms. The number of anilines is 1. The van der Waals surface area contributed by atoms with Crippen LogP contribution in [0.4, 0.5) is 5.82 Å².